The van der Waals surface area contributed by atoms with E-state index in [-0.39, 0.29) is 46.2 Å². The molecule has 6 aromatic rings. The lowest BCUT2D eigenvalue weighted by Crippen LogP contribution is -2.61. The van der Waals surface area contributed by atoms with Gasteiger partial charge in [-0.3, -0.25) is 14.5 Å². The van der Waals surface area contributed by atoms with E-state index in [2.05, 4.69) is 5.43 Å². The smallest absolute Gasteiger partial charge is 0.422 e. The molecule has 0 heterocycles. The number of esters is 1. The molecule has 6 rings (SSSR count). The summed E-state index contributed by atoms with van der Waals surface area (Å²) in [6.07, 6.45) is -0.684. The van der Waals surface area contributed by atoms with Crippen molar-refractivity contribution in [2.45, 2.75) is 51.9 Å². The summed E-state index contributed by atoms with van der Waals surface area (Å²) in [6, 6.07) is 52.5. The molecule has 0 radical (unpaired) electrons. The van der Waals surface area contributed by atoms with Crippen LogP contribution in [0.25, 0.3) is 0 Å². The molecule has 11 nitrogen and oxygen atoms in total. The van der Waals surface area contributed by atoms with Gasteiger partial charge in [0.05, 0.1) is 6.61 Å². The molecule has 0 saturated carbocycles. The summed E-state index contributed by atoms with van der Waals surface area (Å²) < 4.78 is 48.3. The molecule has 310 valence electrons. The standard InChI is InChI=1S/C48H49N2O9P/c1-48(46(51)55-34-40-22-12-5-13-23-40,50(32-38-18-8-3-9-19-38)49-47(52)56-35-41-24-14-6-15-25-41)31-43-28-29-44(45(30-43)54-33-39-20-10-4-11-21-39)57-37-59-60(2,53)58-36-42-26-16-7-17-27-42/h3-30H,31-37H2,1-2H3,(H,49,52)/t48-,60?/m0/s1. The van der Waals surface area contributed by atoms with E-state index in [0.29, 0.717) is 17.1 Å². The topological polar surface area (TPSA) is 122 Å². The minimum Gasteiger partial charge on any atom is -0.485 e. The molecule has 0 aromatic heterocycles. The maximum atomic E-state index is 14.5. The Morgan fingerprint density at radius 3 is 1.58 bits per heavy atom. The number of hydrogen-bond acceptors (Lipinski definition) is 10. The summed E-state index contributed by atoms with van der Waals surface area (Å²) in [7, 11) is -3.49. The predicted molar refractivity (Wildman–Crippen MR) is 229 cm³/mol. The Morgan fingerprint density at radius 2 is 1.03 bits per heavy atom. The molecule has 1 N–H and O–H groups in total. The minimum atomic E-state index is -3.49. The third-order valence-electron chi connectivity index (χ3n) is 9.47. The maximum Gasteiger partial charge on any atom is 0.422 e. The first-order chi connectivity index (χ1) is 29.1. The SMILES string of the molecule is C[C@](Cc1ccc(OCOP(C)(=O)OCc2ccccc2)c(OCc2ccccc2)c1)(C(=O)OCc1ccccc1)N(Cc1ccccc1)NC(=O)OCc1ccccc1. The van der Waals surface area contributed by atoms with Crippen LogP contribution in [0.2, 0.25) is 0 Å². The number of carbonyl (C=O) groups is 2. The number of benzene rings is 6. The van der Waals surface area contributed by atoms with Crippen LogP contribution in [-0.2, 0) is 67.3 Å². The highest BCUT2D eigenvalue weighted by Crippen LogP contribution is 2.45. The Balaban J connectivity index is 1.27. The molecule has 0 bridgehead atoms. The second-order valence-corrected chi connectivity index (χ2v) is 16.3. The number of hydrogen-bond donors (Lipinski definition) is 1. The van der Waals surface area contributed by atoms with Gasteiger partial charge in [-0.25, -0.2) is 9.59 Å². The van der Waals surface area contributed by atoms with Crippen LogP contribution in [0.15, 0.2) is 170 Å². The summed E-state index contributed by atoms with van der Waals surface area (Å²) in [5.41, 5.74) is 6.26. The van der Waals surface area contributed by atoms with E-state index in [1.807, 2.05) is 152 Å². The second kappa shape index (κ2) is 21.7. The highest BCUT2D eigenvalue weighted by molar-refractivity contribution is 7.52. The van der Waals surface area contributed by atoms with Gasteiger partial charge in [0, 0.05) is 19.6 Å². The number of amides is 1. The molecule has 0 spiro atoms. The lowest BCUT2D eigenvalue weighted by molar-refractivity contribution is -0.161. The van der Waals surface area contributed by atoms with E-state index in [1.54, 1.807) is 30.1 Å². The molecule has 0 saturated heterocycles. The van der Waals surface area contributed by atoms with E-state index in [1.165, 1.54) is 6.66 Å². The molecule has 0 aliphatic carbocycles. The Bertz CT molecular complexity index is 2290. The molecule has 1 unspecified atom stereocenters. The minimum absolute atomic E-state index is 0.0153. The summed E-state index contributed by atoms with van der Waals surface area (Å²) >= 11 is 0. The summed E-state index contributed by atoms with van der Waals surface area (Å²) in [5, 5.41) is 1.56. The number of hydrazine groups is 1. The maximum absolute atomic E-state index is 14.5. The average Bonchev–Trinajstić information content (AvgIpc) is 3.28. The number of rotatable bonds is 21. The highest BCUT2D eigenvalue weighted by atomic mass is 31.2. The van der Waals surface area contributed by atoms with Gasteiger partial charge in [0.15, 0.2) is 18.3 Å². The largest absolute Gasteiger partial charge is 0.485 e. The van der Waals surface area contributed by atoms with Crippen molar-refractivity contribution in [3.05, 3.63) is 203 Å². The van der Waals surface area contributed by atoms with Crippen molar-refractivity contribution in [3.63, 3.8) is 0 Å². The first-order valence-corrected chi connectivity index (χ1v) is 21.5. The molecule has 0 aliphatic rings. The third-order valence-corrected chi connectivity index (χ3v) is 10.6. The van der Waals surface area contributed by atoms with E-state index < -0.39 is 25.2 Å². The van der Waals surface area contributed by atoms with Crippen LogP contribution in [0, 0.1) is 0 Å². The number of ether oxygens (including phenoxy) is 4. The number of nitrogens with zero attached hydrogens (tertiary/aromatic N) is 1. The zero-order chi connectivity index (χ0) is 42.0. The Morgan fingerprint density at radius 1 is 0.550 bits per heavy atom. The first-order valence-electron chi connectivity index (χ1n) is 19.5. The van der Waals surface area contributed by atoms with E-state index in [4.69, 9.17) is 28.0 Å². The Hall–Kier alpha value is -6.23. The van der Waals surface area contributed by atoms with Crippen LogP contribution >= 0.6 is 7.60 Å². The monoisotopic (exact) mass is 828 g/mol. The number of carbonyl (C=O) groups excluding carboxylic acids is 2. The third kappa shape index (κ3) is 13.4. The second-order valence-electron chi connectivity index (χ2n) is 14.2. The van der Waals surface area contributed by atoms with Gasteiger partial charge in [-0.1, -0.05) is 158 Å². The molecule has 2 atom stereocenters. The van der Waals surface area contributed by atoms with E-state index in [9.17, 15) is 14.2 Å². The molecule has 6 aromatic carbocycles. The van der Waals surface area contributed by atoms with Crippen LogP contribution in [-0.4, -0.2) is 36.1 Å². The molecular weight excluding hydrogens is 780 g/mol. The molecule has 60 heavy (non-hydrogen) atoms. The van der Waals surface area contributed by atoms with E-state index in [0.717, 1.165) is 27.8 Å². The van der Waals surface area contributed by atoms with Gasteiger partial charge in [-0.15, -0.1) is 0 Å². The lowest BCUT2D eigenvalue weighted by Gasteiger charge is -2.39. The average molecular weight is 829 g/mol. The summed E-state index contributed by atoms with van der Waals surface area (Å²) in [4.78, 5) is 28.0. The fraction of sp³-hybridized carbons (Fsp3) is 0.208. The van der Waals surface area contributed by atoms with Crippen molar-refractivity contribution in [2.75, 3.05) is 13.5 Å². The van der Waals surface area contributed by atoms with Crippen molar-refractivity contribution in [1.29, 1.82) is 0 Å². The van der Waals surface area contributed by atoms with Crippen molar-refractivity contribution in [2.24, 2.45) is 0 Å². The van der Waals surface area contributed by atoms with Gasteiger partial charge in [0.1, 0.15) is 25.4 Å². The van der Waals surface area contributed by atoms with Crippen LogP contribution in [0.3, 0.4) is 0 Å². The quantitative estimate of drug-likeness (QED) is 0.0325. The molecule has 0 aliphatic heterocycles. The van der Waals surface area contributed by atoms with Gasteiger partial charge in [0.2, 0.25) is 0 Å². The summed E-state index contributed by atoms with van der Waals surface area (Å²) in [6.45, 7) is 3.23. The first kappa shape index (κ1) is 43.4. The molecule has 12 heteroatoms. The Kier molecular flexibility index (Phi) is 15.7. The Labute approximate surface area is 351 Å². The van der Waals surface area contributed by atoms with Gasteiger partial charge in [-0.2, -0.15) is 5.01 Å². The van der Waals surface area contributed by atoms with Gasteiger partial charge >= 0.3 is 19.7 Å². The molecule has 1 amide bonds. The van der Waals surface area contributed by atoms with Crippen molar-refractivity contribution >= 4 is 19.7 Å². The predicted octanol–water partition coefficient (Wildman–Crippen LogP) is 10.0. The number of nitrogens with one attached hydrogen (secondary N) is 1. The zero-order valence-corrected chi connectivity index (χ0v) is 34.6. The van der Waals surface area contributed by atoms with Crippen molar-refractivity contribution in [3.8, 4) is 11.5 Å². The van der Waals surface area contributed by atoms with Crippen LogP contribution < -0.4 is 14.9 Å². The van der Waals surface area contributed by atoms with Crippen LogP contribution in [0.5, 0.6) is 11.5 Å². The van der Waals surface area contributed by atoms with Crippen molar-refractivity contribution < 1.29 is 42.1 Å². The van der Waals surface area contributed by atoms with Gasteiger partial charge < -0.3 is 23.5 Å². The lowest BCUT2D eigenvalue weighted by atomic mass is 9.91. The van der Waals surface area contributed by atoms with Gasteiger partial charge in [-0.05, 0) is 52.4 Å². The van der Waals surface area contributed by atoms with Crippen LogP contribution in [0.4, 0.5) is 4.79 Å². The fourth-order valence-electron chi connectivity index (χ4n) is 6.14. The highest BCUT2D eigenvalue weighted by Gasteiger charge is 2.43. The van der Waals surface area contributed by atoms with E-state index >= 15 is 0 Å². The van der Waals surface area contributed by atoms with Gasteiger partial charge in [0.25, 0.3) is 0 Å². The fourth-order valence-corrected chi connectivity index (χ4v) is 6.84. The molecular formula is C48H49N2O9P. The summed E-state index contributed by atoms with van der Waals surface area (Å²) in [5.74, 6) is 0.0797. The zero-order valence-electron chi connectivity index (χ0n) is 33.7. The molecule has 0 fully saturated rings. The van der Waals surface area contributed by atoms with Crippen LogP contribution in [0.1, 0.15) is 40.3 Å². The van der Waals surface area contributed by atoms with Crippen molar-refractivity contribution in [1.82, 2.24) is 10.4 Å². The normalized spacial score (nSPS) is 13.1.